The summed E-state index contributed by atoms with van der Waals surface area (Å²) in [7, 11) is 0. The van der Waals surface area contributed by atoms with Crippen LogP contribution in [0.3, 0.4) is 0 Å². The maximum atomic E-state index is 13.4. The van der Waals surface area contributed by atoms with Gasteiger partial charge in [-0.1, -0.05) is 46.3 Å². The molecule has 2 aromatic heterocycles. The standard InChI is InChI=1S/C27H29ClIN5O/c1-19-15-33-17-22(13-25(28)27(33)30-19)21-5-3-6-23-7-8-24(18-34(23)26(35)14-21)32-12-11-31(10-4-9-29)20(2)16-32/h3,5-8,13-15,17-18,20H,4,9-12,16H2,1-2H3/b5-3?,21-14?,23-6+/t20-/m0/s1. The van der Waals surface area contributed by atoms with Crippen molar-refractivity contribution in [3.8, 4) is 0 Å². The monoisotopic (exact) mass is 601 g/mol. The third kappa shape index (κ3) is 5.13. The molecular weight excluding hydrogens is 573 g/mol. The predicted octanol–water partition coefficient (Wildman–Crippen LogP) is 5.20. The van der Waals surface area contributed by atoms with Gasteiger partial charge in [-0.2, -0.15) is 0 Å². The van der Waals surface area contributed by atoms with E-state index in [2.05, 4.69) is 50.4 Å². The lowest BCUT2D eigenvalue weighted by Crippen LogP contribution is -2.51. The van der Waals surface area contributed by atoms with Crippen LogP contribution in [0.25, 0.3) is 11.2 Å². The number of hydrogen-bond donors (Lipinski definition) is 0. The van der Waals surface area contributed by atoms with Gasteiger partial charge in [-0.05, 0) is 56.7 Å². The highest BCUT2D eigenvalue weighted by atomic mass is 127. The molecule has 0 bridgehead atoms. The average Bonchev–Trinajstić information content (AvgIpc) is 3.22. The minimum Gasteiger partial charge on any atom is -0.367 e. The fraction of sp³-hybridized carbons (Fsp3) is 0.333. The molecular formula is C27H29ClIN5O. The number of halogens is 2. The summed E-state index contributed by atoms with van der Waals surface area (Å²) < 4.78 is 3.10. The zero-order chi connectivity index (χ0) is 24.5. The lowest BCUT2D eigenvalue weighted by molar-refractivity contribution is -0.122. The molecule has 1 atom stereocenters. The van der Waals surface area contributed by atoms with E-state index in [-0.39, 0.29) is 5.91 Å². The first-order chi connectivity index (χ1) is 16.9. The molecule has 1 amide bonds. The zero-order valence-electron chi connectivity index (χ0n) is 20.0. The largest absolute Gasteiger partial charge is 0.367 e. The van der Waals surface area contributed by atoms with Gasteiger partial charge in [-0.3, -0.25) is 14.6 Å². The molecule has 0 unspecified atom stereocenters. The van der Waals surface area contributed by atoms with Crippen LogP contribution in [0, 0.1) is 6.92 Å². The van der Waals surface area contributed by atoms with Crippen molar-refractivity contribution in [2.45, 2.75) is 26.3 Å². The van der Waals surface area contributed by atoms with Gasteiger partial charge in [-0.15, -0.1) is 0 Å². The number of pyridine rings is 1. The van der Waals surface area contributed by atoms with Gasteiger partial charge in [0.25, 0.3) is 5.91 Å². The first-order valence-electron chi connectivity index (χ1n) is 12.0. The van der Waals surface area contributed by atoms with Crippen LogP contribution < -0.4 is 0 Å². The quantitative estimate of drug-likeness (QED) is 0.349. The summed E-state index contributed by atoms with van der Waals surface area (Å²) in [5.74, 6) is -0.0794. The zero-order valence-corrected chi connectivity index (χ0v) is 22.9. The van der Waals surface area contributed by atoms with Crippen LogP contribution in [0.5, 0.6) is 0 Å². The Morgan fingerprint density at radius 1 is 1.17 bits per heavy atom. The summed E-state index contributed by atoms with van der Waals surface area (Å²) in [6.07, 6.45) is 18.8. The topological polar surface area (TPSA) is 44.1 Å². The summed E-state index contributed by atoms with van der Waals surface area (Å²) in [5, 5.41) is 0.561. The Hall–Kier alpha value is -2.36. The van der Waals surface area contributed by atoms with Crippen LogP contribution in [0.4, 0.5) is 0 Å². The van der Waals surface area contributed by atoms with Crippen LogP contribution >= 0.6 is 34.2 Å². The predicted molar refractivity (Wildman–Crippen MR) is 150 cm³/mol. The first-order valence-corrected chi connectivity index (χ1v) is 13.9. The molecule has 2 aromatic rings. The fourth-order valence-electron chi connectivity index (χ4n) is 4.86. The van der Waals surface area contributed by atoms with Crippen molar-refractivity contribution < 1.29 is 4.79 Å². The number of nitrogens with zero attached hydrogens (tertiary/aromatic N) is 5. The summed E-state index contributed by atoms with van der Waals surface area (Å²) in [6.45, 7) is 8.35. The number of carbonyl (C=O) groups excluding carboxylic acids is 1. The highest BCUT2D eigenvalue weighted by Gasteiger charge is 2.26. The molecule has 5 heterocycles. The molecule has 6 nitrogen and oxygen atoms in total. The van der Waals surface area contributed by atoms with E-state index in [1.54, 1.807) is 11.0 Å². The Balaban J connectivity index is 1.39. The van der Waals surface area contributed by atoms with Crippen molar-refractivity contribution in [2.75, 3.05) is 30.6 Å². The van der Waals surface area contributed by atoms with Gasteiger partial charge >= 0.3 is 0 Å². The molecule has 5 rings (SSSR count). The minimum atomic E-state index is -0.0794. The van der Waals surface area contributed by atoms with Crippen molar-refractivity contribution in [1.29, 1.82) is 0 Å². The van der Waals surface area contributed by atoms with Crippen molar-refractivity contribution in [1.82, 2.24) is 24.1 Å². The second-order valence-electron chi connectivity index (χ2n) is 9.21. The Kier molecular flexibility index (Phi) is 7.18. The van der Waals surface area contributed by atoms with Gasteiger partial charge < -0.3 is 9.30 Å². The molecule has 0 saturated carbocycles. The third-order valence-electron chi connectivity index (χ3n) is 6.69. The smallest absolute Gasteiger partial charge is 0.255 e. The van der Waals surface area contributed by atoms with Crippen LogP contribution in [0.1, 0.15) is 24.6 Å². The molecule has 3 aliphatic rings. The number of piperazine rings is 1. The average molecular weight is 602 g/mol. The van der Waals surface area contributed by atoms with Gasteiger partial charge in [0.15, 0.2) is 5.65 Å². The molecule has 182 valence electrons. The highest BCUT2D eigenvalue weighted by Crippen LogP contribution is 2.28. The van der Waals surface area contributed by atoms with Crippen LogP contribution in [0.2, 0.25) is 5.02 Å². The number of fused-ring (bicyclic) bond motifs is 2. The molecule has 0 radical (unpaired) electrons. The van der Waals surface area contributed by atoms with Crippen molar-refractivity contribution in [2.24, 2.45) is 0 Å². The van der Waals surface area contributed by atoms with Crippen molar-refractivity contribution in [3.05, 3.63) is 88.8 Å². The van der Waals surface area contributed by atoms with Gasteiger partial charge in [0.05, 0.1) is 16.4 Å². The molecule has 0 aromatic carbocycles. The molecule has 0 N–H and O–H groups in total. The number of imidazole rings is 1. The number of aryl methyl sites for hydroxylation is 1. The molecule has 0 aliphatic carbocycles. The lowest BCUT2D eigenvalue weighted by Gasteiger charge is -2.42. The summed E-state index contributed by atoms with van der Waals surface area (Å²) in [5.41, 5.74) is 5.23. The van der Waals surface area contributed by atoms with Crippen molar-refractivity contribution in [3.63, 3.8) is 0 Å². The summed E-state index contributed by atoms with van der Waals surface area (Å²) in [6, 6.07) is 2.36. The molecule has 35 heavy (non-hydrogen) atoms. The molecule has 0 spiro atoms. The first kappa shape index (κ1) is 24.3. The van der Waals surface area contributed by atoms with E-state index in [0.29, 0.717) is 16.7 Å². The van der Waals surface area contributed by atoms with E-state index in [1.807, 2.05) is 60.3 Å². The van der Waals surface area contributed by atoms with Gasteiger partial charge in [0.1, 0.15) is 0 Å². The van der Waals surface area contributed by atoms with Crippen molar-refractivity contribution >= 4 is 51.3 Å². The van der Waals surface area contributed by atoms with Gasteiger partial charge in [0, 0.05) is 66.0 Å². The summed E-state index contributed by atoms with van der Waals surface area (Å²) >= 11 is 8.95. The Morgan fingerprint density at radius 3 is 2.80 bits per heavy atom. The number of hydrogen-bond acceptors (Lipinski definition) is 4. The molecule has 8 heteroatoms. The number of rotatable bonds is 5. The number of alkyl halides is 1. The normalized spacial score (nSPS) is 22.5. The van der Waals surface area contributed by atoms with E-state index in [9.17, 15) is 4.79 Å². The third-order valence-corrected chi connectivity index (χ3v) is 7.73. The van der Waals surface area contributed by atoms with Crippen LogP contribution in [-0.2, 0) is 4.79 Å². The van der Waals surface area contributed by atoms with Crippen LogP contribution in [-0.4, -0.2) is 66.6 Å². The van der Waals surface area contributed by atoms with E-state index in [0.717, 1.165) is 54.4 Å². The van der Waals surface area contributed by atoms with E-state index in [4.69, 9.17) is 11.6 Å². The fourth-order valence-corrected chi connectivity index (χ4v) is 5.46. The summed E-state index contributed by atoms with van der Waals surface area (Å²) in [4.78, 5) is 24.6. The van der Waals surface area contributed by atoms with E-state index < -0.39 is 0 Å². The van der Waals surface area contributed by atoms with E-state index >= 15 is 0 Å². The lowest BCUT2D eigenvalue weighted by atomic mass is 10.0. The highest BCUT2D eigenvalue weighted by molar-refractivity contribution is 14.1. The maximum absolute atomic E-state index is 13.4. The minimum absolute atomic E-state index is 0.0794. The molecule has 1 fully saturated rings. The number of amides is 1. The Labute approximate surface area is 225 Å². The maximum Gasteiger partial charge on any atom is 0.255 e. The SMILES string of the molecule is Cc1cn2cc(C3=CC(=O)N4C=C(N5CCN(CCCI)[C@@H](C)C5)C=C/C4=C\C=C3)cc(Cl)c2n1. The van der Waals surface area contributed by atoms with Gasteiger partial charge in [-0.25, -0.2) is 4.98 Å². The number of aromatic nitrogens is 2. The second-order valence-corrected chi connectivity index (χ2v) is 10.7. The Morgan fingerprint density at radius 2 is 2.00 bits per heavy atom. The second kappa shape index (κ2) is 10.3. The van der Waals surface area contributed by atoms with Gasteiger partial charge in [0.2, 0.25) is 0 Å². The van der Waals surface area contributed by atoms with Crippen LogP contribution in [0.15, 0.2) is 72.5 Å². The Bertz CT molecular complexity index is 1300. The van der Waals surface area contributed by atoms with E-state index in [1.165, 1.54) is 10.8 Å². The molecule has 3 aliphatic heterocycles. The number of carbonyl (C=O) groups is 1. The number of allylic oxidation sites excluding steroid dienone is 6. The molecule has 1 saturated heterocycles.